The molecule has 0 amide bonds. The fourth-order valence-electron chi connectivity index (χ4n) is 3.12. The number of aliphatic hydroxyl groups is 2. The summed E-state index contributed by atoms with van der Waals surface area (Å²) in [5.74, 6) is 0.391. The highest BCUT2D eigenvalue weighted by molar-refractivity contribution is 5.39. The van der Waals surface area contributed by atoms with Gasteiger partial charge < -0.3 is 25.4 Å². The minimum atomic E-state index is -4.33. The number of alkyl halides is 3. The molecule has 0 bridgehead atoms. The van der Waals surface area contributed by atoms with Crippen LogP contribution in [0.15, 0.2) is 60.8 Å². The van der Waals surface area contributed by atoms with Gasteiger partial charge in [-0.1, -0.05) is 30.3 Å². The molecule has 1 heterocycles. The minimum absolute atomic E-state index is 0.0379. The Morgan fingerprint density at radius 2 is 1.65 bits per heavy atom. The molecule has 2 aromatic carbocycles. The molecular weight excluding hydrogens is 449 g/mol. The van der Waals surface area contributed by atoms with Crippen LogP contribution in [0.5, 0.6) is 11.5 Å². The second-order valence-electron chi connectivity index (χ2n) is 7.44. The largest absolute Gasteiger partial charge is 0.506 e. The van der Waals surface area contributed by atoms with Gasteiger partial charge in [-0.05, 0) is 50.3 Å². The average molecular weight is 479 g/mol. The molecule has 9 heteroatoms. The first kappa shape index (κ1) is 27.1. The molecule has 0 aliphatic rings. The standard InChI is InChI=1S/C17H18F3NO.C8H11NO3/c1-21-12-11-16(13-5-3-2-4-6-13)22-15-9-7-14(8-10-15)17(18,19)20;1-5-8(12)7(4-11)6(3-10)2-9-5/h2-10,16,21H,11-12H2,1H3;2,10-12H,3-4H2,1H3. The van der Waals surface area contributed by atoms with Gasteiger partial charge in [0.25, 0.3) is 0 Å². The van der Waals surface area contributed by atoms with Gasteiger partial charge in [0, 0.05) is 23.7 Å². The summed E-state index contributed by atoms with van der Waals surface area (Å²) < 4.78 is 43.6. The number of hydrogen-bond acceptors (Lipinski definition) is 6. The predicted molar refractivity (Wildman–Crippen MR) is 122 cm³/mol. The summed E-state index contributed by atoms with van der Waals surface area (Å²) >= 11 is 0. The molecule has 3 aromatic rings. The van der Waals surface area contributed by atoms with E-state index in [0.717, 1.165) is 30.7 Å². The molecular formula is C25H29F3N2O4. The molecule has 3 rings (SSSR count). The number of aliphatic hydroxyl groups excluding tert-OH is 2. The van der Waals surface area contributed by atoms with Gasteiger partial charge >= 0.3 is 6.18 Å². The molecule has 0 fully saturated rings. The fourth-order valence-corrected chi connectivity index (χ4v) is 3.12. The average Bonchev–Trinajstić information content (AvgIpc) is 2.84. The molecule has 4 N–H and O–H groups in total. The lowest BCUT2D eigenvalue weighted by Gasteiger charge is -2.20. The van der Waals surface area contributed by atoms with E-state index >= 15 is 0 Å². The molecule has 0 aliphatic heterocycles. The quantitative estimate of drug-likeness (QED) is 0.381. The van der Waals surface area contributed by atoms with Crippen molar-refractivity contribution < 1.29 is 33.2 Å². The molecule has 34 heavy (non-hydrogen) atoms. The first-order valence-electron chi connectivity index (χ1n) is 10.6. The van der Waals surface area contributed by atoms with Crippen LogP contribution in [0, 0.1) is 6.92 Å². The second kappa shape index (κ2) is 12.9. The number of halogens is 3. The smallest absolute Gasteiger partial charge is 0.416 e. The van der Waals surface area contributed by atoms with Crippen molar-refractivity contribution in [2.24, 2.45) is 0 Å². The van der Waals surface area contributed by atoms with Gasteiger partial charge in [0.1, 0.15) is 17.6 Å². The van der Waals surface area contributed by atoms with Crippen molar-refractivity contribution in [3.63, 3.8) is 0 Å². The van der Waals surface area contributed by atoms with E-state index in [1.54, 1.807) is 6.92 Å². The summed E-state index contributed by atoms with van der Waals surface area (Å²) in [6, 6.07) is 14.4. The van der Waals surface area contributed by atoms with Crippen LogP contribution < -0.4 is 10.1 Å². The summed E-state index contributed by atoms with van der Waals surface area (Å²) in [5.41, 5.74) is 1.59. The Balaban J connectivity index is 0.000000287. The van der Waals surface area contributed by atoms with Crippen molar-refractivity contribution in [2.45, 2.75) is 38.8 Å². The highest BCUT2D eigenvalue weighted by Gasteiger charge is 2.30. The number of aromatic nitrogens is 1. The Kier molecular flexibility index (Phi) is 10.3. The fraction of sp³-hybridized carbons (Fsp3) is 0.320. The zero-order valence-corrected chi connectivity index (χ0v) is 19.0. The first-order valence-corrected chi connectivity index (χ1v) is 10.6. The Labute approximate surface area is 196 Å². The third-order valence-electron chi connectivity index (χ3n) is 5.05. The number of benzene rings is 2. The summed E-state index contributed by atoms with van der Waals surface area (Å²) in [7, 11) is 1.85. The molecule has 0 aliphatic carbocycles. The van der Waals surface area contributed by atoms with Crippen LogP contribution in [0.4, 0.5) is 13.2 Å². The van der Waals surface area contributed by atoms with Crippen LogP contribution in [0.3, 0.4) is 0 Å². The lowest BCUT2D eigenvalue weighted by molar-refractivity contribution is -0.137. The van der Waals surface area contributed by atoms with Gasteiger partial charge in [0.15, 0.2) is 0 Å². The minimum Gasteiger partial charge on any atom is -0.506 e. The van der Waals surface area contributed by atoms with Crippen molar-refractivity contribution in [1.29, 1.82) is 0 Å². The number of aromatic hydroxyl groups is 1. The Bertz CT molecular complexity index is 1010. The SMILES string of the molecule is CNCCC(Oc1ccc(C(F)(F)F)cc1)c1ccccc1.Cc1ncc(CO)c(CO)c1O. The van der Waals surface area contributed by atoms with Crippen LogP contribution in [-0.2, 0) is 19.4 Å². The maximum Gasteiger partial charge on any atom is 0.416 e. The van der Waals surface area contributed by atoms with Crippen LogP contribution in [0.1, 0.15) is 40.5 Å². The van der Waals surface area contributed by atoms with E-state index in [1.807, 2.05) is 37.4 Å². The van der Waals surface area contributed by atoms with E-state index in [0.29, 0.717) is 22.6 Å². The number of nitrogens with zero attached hydrogens (tertiary/aromatic N) is 1. The van der Waals surface area contributed by atoms with Crippen molar-refractivity contribution in [3.8, 4) is 11.5 Å². The zero-order chi connectivity index (χ0) is 25.1. The van der Waals surface area contributed by atoms with Crippen molar-refractivity contribution in [1.82, 2.24) is 10.3 Å². The first-order chi connectivity index (χ1) is 16.2. The van der Waals surface area contributed by atoms with Crippen LogP contribution in [0.25, 0.3) is 0 Å². The Morgan fingerprint density at radius 1 is 1.00 bits per heavy atom. The Hall–Kier alpha value is -3.14. The second-order valence-corrected chi connectivity index (χ2v) is 7.44. The lowest BCUT2D eigenvalue weighted by Crippen LogP contribution is -2.16. The third-order valence-corrected chi connectivity index (χ3v) is 5.05. The van der Waals surface area contributed by atoms with E-state index < -0.39 is 11.7 Å². The van der Waals surface area contributed by atoms with Gasteiger partial charge in [0.05, 0.1) is 24.5 Å². The number of nitrogens with one attached hydrogen (secondary N) is 1. The number of pyridine rings is 1. The van der Waals surface area contributed by atoms with Crippen molar-refractivity contribution >= 4 is 0 Å². The van der Waals surface area contributed by atoms with E-state index in [1.165, 1.54) is 18.3 Å². The van der Waals surface area contributed by atoms with Crippen LogP contribution in [0.2, 0.25) is 0 Å². The van der Waals surface area contributed by atoms with Gasteiger partial charge in [-0.15, -0.1) is 0 Å². The molecule has 184 valence electrons. The van der Waals surface area contributed by atoms with Crippen LogP contribution >= 0.6 is 0 Å². The summed E-state index contributed by atoms with van der Waals surface area (Å²) in [6.45, 7) is 1.87. The summed E-state index contributed by atoms with van der Waals surface area (Å²) in [5, 5.41) is 30.1. The molecule has 6 nitrogen and oxygen atoms in total. The molecule has 0 saturated carbocycles. The predicted octanol–water partition coefficient (Wildman–Crippen LogP) is 4.52. The van der Waals surface area contributed by atoms with Gasteiger partial charge in [0.2, 0.25) is 0 Å². The molecule has 1 unspecified atom stereocenters. The molecule has 1 atom stereocenters. The lowest BCUT2D eigenvalue weighted by atomic mass is 10.1. The van der Waals surface area contributed by atoms with E-state index in [9.17, 15) is 18.3 Å². The molecule has 0 radical (unpaired) electrons. The highest BCUT2D eigenvalue weighted by atomic mass is 19.4. The maximum absolute atomic E-state index is 12.6. The topological polar surface area (TPSA) is 94.8 Å². The summed E-state index contributed by atoms with van der Waals surface area (Å²) in [4.78, 5) is 3.84. The molecule has 0 saturated heterocycles. The Morgan fingerprint density at radius 3 is 2.18 bits per heavy atom. The number of rotatable bonds is 8. The van der Waals surface area contributed by atoms with Gasteiger partial charge in [-0.3, -0.25) is 4.98 Å². The third kappa shape index (κ3) is 7.72. The van der Waals surface area contributed by atoms with E-state index in [-0.39, 0.29) is 25.1 Å². The van der Waals surface area contributed by atoms with Crippen molar-refractivity contribution in [2.75, 3.05) is 13.6 Å². The zero-order valence-electron chi connectivity index (χ0n) is 19.0. The van der Waals surface area contributed by atoms with Gasteiger partial charge in [-0.2, -0.15) is 13.2 Å². The van der Waals surface area contributed by atoms with E-state index in [2.05, 4.69) is 10.3 Å². The van der Waals surface area contributed by atoms with E-state index in [4.69, 9.17) is 14.9 Å². The monoisotopic (exact) mass is 478 g/mol. The molecule has 0 spiro atoms. The highest BCUT2D eigenvalue weighted by Crippen LogP contribution is 2.32. The number of ether oxygens (including phenoxy) is 1. The number of hydrogen-bond donors (Lipinski definition) is 4. The molecule has 1 aromatic heterocycles. The summed E-state index contributed by atoms with van der Waals surface area (Å²) in [6.07, 6.45) is -2.36. The van der Waals surface area contributed by atoms with Crippen LogP contribution in [-0.4, -0.2) is 33.9 Å². The van der Waals surface area contributed by atoms with Crippen molar-refractivity contribution in [3.05, 3.63) is 88.7 Å². The maximum atomic E-state index is 12.6. The van der Waals surface area contributed by atoms with Gasteiger partial charge in [-0.25, -0.2) is 0 Å². The normalized spacial score (nSPS) is 12.0. The number of aryl methyl sites for hydroxylation is 1.